The molecular formula is C24H28N2O2. The number of hydrogen-bond acceptors (Lipinski definition) is 3. The van der Waals surface area contributed by atoms with E-state index in [4.69, 9.17) is 4.74 Å². The number of aromatic nitrogens is 1. The van der Waals surface area contributed by atoms with E-state index in [0.717, 1.165) is 23.7 Å². The number of para-hydroxylation sites is 1. The Bertz CT molecular complexity index is 953. The van der Waals surface area contributed by atoms with Gasteiger partial charge in [-0.2, -0.15) is 0 Å². The molecule has 3 rings (SSSR count). The third kappa shape index (κ3) is 4.69. The molecule has 1 heterocycles. The van der Waals surface area contributed by atoms with Crippen molar-refractivity contribution in [1.82, 2.24) is 10.3 Å². The molecule has 146 valence electrons. The fraction of sp³-hybridized carbons (Fsp3) is 0.333. The predicted octanol–water partition coefficient (Wildman–Crippen LogP) is 5.02. The van der Waals surface area contributed by atoms with Crippen molar-refractivity contribution >= 4 is 16.8 Å². The average molecular weight is 377 g/mol. The number of methoxy groups -OCH3 is 1. The minimum absolute atomic E-state index is 0.101. The molecule has 3 aromatic rings. The standard InChI is InChI=1S/C24H28N2O2/c1-17(2)14-24(3,15-18-9-6-5-7-10-18)26-23(27)20-13-19-11-8-12-21(28-4)22(19)25-16-20/h5-13,16-17H,14-15H2,1-4H3,(H,26,27). The van der Waals surface area contributed by atoms with Crippen LogP contribution in [0.3, 0.4) is 0 Å². The summed E-state index contributed by atoms with van der Waals surface area (Å²) in [5, 5.41) is 4.16. The number of benzene rings is 2. The van der Waals surface area contributed by atoms with Crippen molar-refractivity contribution in [1.29, 1.82) is 0 Å². The highest BCUT2D eigenvalue weighted by Gasteiger charge is 2.28. The van der Waals surface area contributed by atoms with Gasteiger partial charge in [0.15, 0.2) is 0 Å². The Labute approximate surface area is 166 Å². The molecular weight excluding hydrogens is 348 g/mol. The van der Waals surface area contributed by atoms with E-state index in [1.807, 2.05) is 42.5 Å². The van der Waals surface area contributed by atoms with Gasteiger partial charge >= 0.3 is 0 Å². The van der Waals surface area contributed by atoms with Crippen LogP contribution in [0.25, 0.3) is 10.9 Å². The lowest BCUT2D eigenvalue weighted by molar-refractivity contribution is 0.0894. The minimum Gasteiger partial charge on any atom is -0.494 e. The number of amides is 1. The molecule has 1 N–H and O–H groups in total. The van der Waals surface area contributed by atoms with Crippen LogP contribution >= 0.6 is 0 Å². The molecule has 0 aliphatic carbocycles. The number of hydrogen-bond donors (Lipinski definition) is 1. The van der Waals surface area contributed by atoms with Gasteiger partial charge in [0.2, 0.25) is 0 Å². The van der Waals surface area contributed by atoms with Crippen LogP contribution in [-0.4, -0.2) is 23.5 Å². The molecule has 0 aliphatic heterocycles. The lowest BCUT2D eigenvalue weighted by atomic mass is 9.84. The first kappa shape index (κ1) is 19.9. The zero-order valence-electron chi connectivity index (χ0n) is 17.0. The normalized spacial score (nSPS) is 13.3. The molecule has 4 heteroatoms. The summed E-state index contributed by atoms with van der Waals surface area (Å²) in [4.78, 5) is 17.5. The first-order valence-corrected chi connectivity index (χ1v) is 9.69. The monoisotopic (exact) mass is 376 g/mol. The SMILES string of the molecule is COc1cccc2cc(C(=O)NC(C)(Cc3ccccc3)CC(C)C)cnc12. The molecule has 0 bridgehead atoms. The van der Waals surface area contributed by atoms with E-state index >= 15 is 0 Å². The molecule has 1 atom stereocenters. The number of nitrogens with one attached hydrogen (secondary N) is 1. The average Bonchev–Trinajstić information content (AvgIpc) is 2.66. The molecule has 28 heavy (non-hydrogen) atoms. The van der Waals surface area contributed by atoms with E-state index in [0.29, 0.717) is 17.2 Å². The van der Waals surface area contributed by atoms with Gasteiger partial charge in [0.1, 0.15) is 11.3 Å². The van der Waals surface area contributed by atoms with Crippen LogP contribution in [0.5, 0.6) is 5.75 Å². The lowest BCUT2D eigenvalue weighted by Gasteiger charge is -2.33. The van der Waals surface area contributed by atoms with Gasteiger partial charge < -0.3 is 10.1 Å². The summed E-state index contributed by atoms with van der Waals surface area (Å²) in [6, 6.07) is 17.9. The van der Waals surface area contributed by atoms with Crippen LogP contribution in [0, 0.1) is 5.92 Å². The number of nitrogens with zero attached hydrogens (tertiary/aromatic N) is 1. The fourth-order valence-electron chi connectivity index (χ4n) is 3.88. The number of pyridine rings is 1. The Morgan fingerprint density at radius 3 is 2.57 bits per heavy atom. The van der Waals surface area contributed by atoms with Gasteiger partial charge in [0.25, 0.3) is 5.91 Å². The summed E-state index contributed by atoms with van der Waals surface area (Å²) >= 11 is 0. The van der Waals surface area contributed by atoms with Gasteiger partial charge in [0, 0.05) is 17.1 Å². The molecule has 0 spiro atoms. The summed E-state index contributed by atoms with van der Waals surface area (Å²) in [6.45, 7) is 6.48. The van der Waals surface area contributed by atoms with Crippen molar-refractivity contribution in [3.05, 3.63) is 71.9 Å². The van der Waals surface area contributed by atoms with Crippen LogP contribution in [0.15, 0.2) is 60.8 Å². The number of ether oxygens (including phenoxy) is 1. The second-order valence-electron chi connectivity index (χ2n) is 8.03. The lowest BCUT2D eigenvalue weighted by Crippen LogP contribution is -2.48. The Hall–Kier alpha value is -2.88. The molecule has 0 fully saturated rings. The zero-order chi connectivity index (χ0) is 20.1. The zero-order valence-corrected chi connectivity index (χ0v) is 17.0. The summed E-state index contributed by atoms with van der Waals surface area (Å²) < 4.78 is 5.36. The van der Waals surface area contributed by atoms with Crippen LogP contribution in [0.1, 0.15) is 43.1 Å². The first-order valence-electron chi connectivity index (χ1n) is 9.69. The maximum Gasteiger partial charge on any atom is 0.253 e. The summed E-state index contributed by atoms with van der Waals surface area (Å²) in [5.41, 5.74) is 2.20. The highest BCUT2D eigenvalue weighted by atomic mass is 16.5. The number of fused-ring (bicyclic) bond motifs is 1. The molecule has 0 aliphatic rings. The summed E-state index contributed by atoms with van der Waals surface area (Å²) in [5.74, 6) is 1.07. The smallest absolute Gasteiger partial charge is 0.253 e. The second kappa shape index (κ2) is 8.42. The molecule has 2 aromatic carbocycles. The Kier molecular flexibility index (Phi) is 5.98. The molecule has 0 saturated carbocycles. The maximum atomic E-state index is 13.0. The van der Waals surface area contributed by atoms with Gasteiger partial charge in [-0.15, -0.1) is 0 Å². The summed E-state index contributed by atoms with van der Waals surface area (Å²) in [6.07, 6.45) is 3.30. The van der Waals surface area contributed by atoms with E-state index in [-0.39, 0.29) is 11.4 Å². The first-order chi connectivity index (χ1) is 13.4. The van der Waals surface area contributed by atoms with Crippen molar-refractivity contribution < 1.29 is 9.53 Å². The molecule has 0 saturated heterocycles. The van der Waals surface area contributed by atoms with Crippen molar-refractivity contribution in [2.75, 3.05) is 7.11 Å². The maximum absolute atomic E-state index is 13.0. The molecule has 1 unspecified atom stereocenters. The van der Waals surface area contributed by atoms with E-state index in [1.165, 1.54) is 5.56 Å². The largest absolute Gasteiger partial charge is 0.494 e. The van der Waals surface area contributed by atoms with Crippen LogP contribution < -0.4 is 10.1 Å². The third-order valence-electron chi connectivity index (χ3n) is 4.87. The highest BCUT2D eigenvalue weighted by Crippen LogP contribution is 2.25. The Morgan fingerprint density at radius 2 is 1.89 bits per heavy atom. The molecule has 1 amide bonds. The number of carbonyl (C=O) groups excluding carboxylic acids is 1. The van der Waals surface area contributed by atoms with Crippen molar-refractivity contribution in [3.8, 4) is 5.75 Å². The number of rotatable bonds is 7. The van der Waals surface area contributed by atoms with Crippen molar-refractivity contribution in [3.63, 3.8) is 0 Å². The topological polar surface area (TPSA) is 51.2 Å². The van der Waals surface area contributed by atoms with Crippen LogP contribution in [0.4, 0.5) is 0 Å². The number of carbonyl (C=O) groups is 1. The third-order valence-corrected chi connectivity index (χ3v) is 4.87. The van der Waals surface area contributed by atoms with Gasteiger partial charge in [-0.25, -0.2) is 0 Å². The Morgan fingerprint density at radius 1 is 1.14 bits per heavy atom. The van der Waals surface area contributed by atoms with Crippen molar-refractivity contribution in [2.45, 2.75) is 39.2 Å². The molecule has 1 aromatic heterocycles. The van der Waals surface area contributed by atoms with Crippen LogP contribution in [-0.2, 0) is 6.42 Å². The van der Waals surface area contributed by atoms with Gasteiger partial charge in [0.05, 0.1) is 12.7 Å². The van der Waals surface area contributed by atoms with E-state index in [2.05, 4.69) is 43.2 Å². The molecule has 4 nitrogen and oxygen atoms in total. The quantitative estimate of drug-likeness (QED) is 0.630. The highest BCUT2D eigenvalue weighted by molar-refractivity contribution is 5.98. The van der Waals surface area contributed by atoms with E-state index < -0.39 is 0 Å². The minimum atomic E-state index is -0.337. The van der Waals surface area contributed by atoms with Crippen molar-refractivity contribution in [2.24, 2.45) is 5.92 Å². The van der Waals surface area contributed by atoms with Crippen LogP contribution in [0.2, 0.25) is 0 Å². The van der Waals surface area contributed by atoms with Gasteiger partial charge in [-0.1, -0.05) is 56.3 Å². The Balaban J connectivity index is 1.86. The van der Waals surface area contributed by atoms with E-state index in [1.54, 1.807) is 13.3 Å². The fourth-order valence-corrected chi connectivity index (χ4v) is 3.88. The second-order valence-corrected chi connectivity index (χ2v) is 8.03. The predicted molar refractivity (Wildman–Crippen MR) is 114 cm³/mol. The van der Waals surface area contributed by atoms with Gasteiger partial charge in [-0.05, 0) is 43.4 Å². The van der Waals surface area contributed by atoms with E-state index in [9.17, 15) is 4.79 Å². The summed E-state index contributed by atoms with van der Waals surface area (Å²) in [7, 11) is 1.62. The van der Waals surface area contributed by atoms with Gasteiger partial charge in [-0.3, -0.25) is 9.78 Å². The molecule has 0 radical (unpaired) electrons.